The van der Waals surface area contributed by atoms with Crippen LogP contribution in [0, 0.1) is 0 Å². The quantitative estimate of drug-likeness (QED) is 0.856. The number of halogens is 1. The molecule has 0 radical (unpaired) electrons. The van der Waals surface area contributed by atoms with Crippen molar-refractivity contribution in [2.75, 3.05) is 13.7 Å². The van der Waals surface area contributed by atoms with Gasteiger partial charge < -0.3 is 10.5 Å². The summed E-state index contributed by atoms with van der Waals surface area (Å²) in [6.07, 6.45) is 0.914. The third-order valence-corrected chi connectivity index (χ3v) is 1.57. The molecule has 0 heterocycles. The van der Waals surface area contributed by atoms with Crippen LogP contribution in [0.4, 0.5) is 0 Å². The van der Waals surface area contributed by atoms with Gasteiger partial charge in [0, 0.05) is 0 Å². The topological polar surface area (TPSA) is 35.2 Å². The number of hydrogen-bond acceptors (Lipinski definition) is 2. The predicted molar refractivity (Wildman–Crippen MR) is 61.2 cm³/mol. The average Bonchev–Trinajstić information content (AvgIpc) is 2.06. The van der Waals surface area contributed by atoms with E-state index in [1.807, 2.05) is 18.2 Å². The van der Waals surface area contributed by atoms with Crippen molar-refractivity contribution < 1.29 is 4.74 Å². The van der Waals surface area contributed by atoms with Crippen molar-refractivity contribution >= 4 is 24.0 Å². The van der Waals surface area contributed by atoms with Crippen LogP contribution < -0.4 is 10.5 Å². The van der Waals surface area contributed by atoms with Crippen LogP contribution in [0.1, 0.15) is 5.56 Å². The number of hydrogen-bond donors (Lipinski definition) is 1. The number of rotatable bonds is 3. The van der Waals surface area contributed by atoms with Crippen LogP contribution in [-0.4, -0.2) is 13.7 Å². The van der Waals surface area contributed by atoms with Crippen molar-refractivity contribution in [1.29, 1.82) is 0 Å². The summed E-state index contributed by atoms with van der Waals surface area (Å²) in [6.45, 7) is 0.688. The first-order chi connectivity index (χ1) is 5.36. The number of ether oxygens (including phenoxy) is 1. The van der Waals surface area contributed by atoms with E-state index < -0.39 is 0 Å². The minimum absolute atomic E-state index is 0. The van der Waals surface area contributed by atoms with Crippen LogP contribution in [0.25, 0.3) is 0 Å². The Kier molecular flexibility index (Phi) is 6.10. The minimum Gasteiger partial charge on any atom is -0.497 e. The van der Waals surface area contributed by atoms with Gasteiger partial charge in [0.2, 0.25) is 0 Å². The van der Waals surface area contributed by atoms with E-state index in [0.717, 1.165) is 12.2 Å². The van der Waals surface area contributed by atoms with Crippen molar-refractivity contribution in [2.45, 2.75) is 6.42 Å². The minimum atomic E-state index is 0. The van der Waals surface area contributed by atoms with Crippen molar-refractivity contribution in [3.05, 3.63) is 29.8 Å². The van der Waals surface area contributed by atoms with Gasteiger partial charge in [0.25, 0.3) is 0 Å². The Morgan fingerprint density at radius 1 is 1.42 bits per heavy atom. The standard InChI is InChI=1S/C9H13NO.HI/c1-11-9-4-2-3-8(7-9)5-6-10;/h2-4,7H,5-6,10H2,1H3;1H. The molecule has 0 amide bonds. The molecule has 0 aliphatic rings. The Morgan fingerprint density at radius 3 is 2.75 bits per heavy atom. The maximum Gasteiger partial charge on any atom is 0.119 e. The van der Waals surface area contributed by atoms with Gasteiger partial charge in [-0.3, -0.25) is 0 Å². The lowest BCUT2D eigenvalue weighted by atomic mass is 10.1. The molecule has 3 heteroatoms. The largest absolute Gasteiger partial charge is 0.497 e. The van der Waals surface area contributed by atoms with E-state index in [0.29, 0.717) is 6.54 Å². The SMILES string of the molecule is COc1cccc(CCN)c1.I. The van der Waals surface area contributed by atoms with Gasteiger partial charge in [-0.25, -0.2) is 0 Å². The summed E-state index contributed by atoms with van der Waals surface area (Å²) >= 11 is 0. The second-order valence-electron chi connectivity index (χ2n) is 2.39. The van der Waals surface area contributed by atoms with Crippen LogP contribution in [0.15, 0.2) is 24.3 Å². The van der Waals surface area contributed by atoms with E-state index in [1.165, 1.54) is 5.56 Å². The van der Waals surface area contributed by atoms with Gasteiger partial charge in [-0.15, -0.1) is 24.0 Å². The van der Waals surface area contributed by atoms with Gasteiger partial charge in [-0.2, -0.15) is 0 Å². The van der Waals surface area contributed by atoms with Crippen LogP contribution in [0.5, 0.6) is 5.75 Å². The molecule has 0 saturated heterocycles. The highest BCUT2D eigenvalue weighted by molar-refractivity contribution is 14.0. The molecule has 2 nitrogen and oxygen atoms in total. The first-order valence-corrected chi connectivity index (χ1v) is 3.70. The molecule has 0 bridgehead atoms. The lowest BCUT2D eigenvalue weighted by molar-refractivity contribution is 0.414. The zero-order valence-corrected chi connectivity index (χ0v) is 9.45. The summed E-state index contributed by atoms with van der Waals surface area (Å²) in [5.74, 6) is 0.899. The second-order valence-corrected chi connectivity index (χ2v) is 2.39. The van der Waals surface area contributed by atoms with E-state index in [-0.39, 0.29) is 24.0 Å². The molecule has 0 aliphatic heterocycles. The molecule has 2 N–H and O–H groups in total. The maximum atomic E-state index is 5.41. The Balaban J connectivity index is 0.00000121. The summed E-state index contributed by atoms with van der Waals surface area (Å²) < 4.78 is 5.06. The van der Waals surface area contributed by atoms with Gasteiger partial charge >= 0.3 is 0 Å². The van der Waals surface area contributed by atoms with E-state index in [1.54, 1.807) is 7.11 Å². The van der Waals surface area contributed by atoms with E-state index in [9.17, 15) is 0 Å². The first kappa shape index (κ1) is 11.7. The summed E-state index contributed by atoms with van der Waals surface area (Å²) in [5, 5.41) is 0. The second kappa shape index (κ2) is 6.25. The van der Waals surface area contributed by atoms with Crippen LogP contribution in [0.3, 0.4) is 0 Å². The van der Waals surface area contributed by atoms with Crippen molar-refractivity contribution in [3.63, 3.8) is 0 Å². The fourth-order valence-corrected chi connectivity index (χ4v) is 0.995. The Morgan fingerprint density at radius 2 is 2.17 bits per heavy atom. The lowest BCUT2D eigenvalue weighted by Crippen LogP contribution is -2.02. The number of benzene rings is 1. The third-order valence-electron chi connectivity index (χ3n) is 1.57. The third kappa shape index (κ3) is 3.40. The highest BCUT2D eigenvalue weighted by Crippen LogP contribution is 2.12. The molecule has 0 aromatic heterocycles. The van der Waals surface area contributed by atoms with Crippen LogP contribution in [0.2, 0.25) is 0 Å². The van der Waals surface area contributed by atoms with Crippen molar-refractivity contribution in [1.82, 2.24) is 0 Å². The molecule has 1 rings (SSSR count). The molecule has 0 aliphatic carbocycles. The lowest BCUT2D eigenvalue weighted by Gasteiger charge is -2.01. The van der Waals surface area contributed by atoms with E-state index >= 15 is 0 Å². The summed E-state index contributed by atoms with van der Waals surface area (Å²) in [7, 11) is 1.67. The Labute approximate surface area is 90.1 Å². The normalized spacial score (nSPS) is 8.83. The molecular weight excluding hydrogens is 265 g/mol. The highest BCUT2D eigenvalue weighted by Gasteiger charge is 1.92. The van der Waals surface area contributed by atoms with Crippen molar-refractivity contribution in [3.8, 4) is 5.75 Å². The molecule has 68 valence electrons. The molecule has 12 heavy (non-hydrogen) atoms. The van der Waals surface area contributed by atoms with Gasteiger partial charge in [-0.1, -0.05) is 12.1 Å². The Bertz CT molecular complexity index is 228. The number of methoxy groups -OCH3 is 1. The van der Waals surface area contributed by atoms with E-state index in [4.69, 9.17) is 10.5 Å². The smallest absolute Gasteiger partial charge is 0.119 e. The molecule has 0 saturated carbocycles. The molecular formula is C9H14INO. The fourth-order valence-electron chi connectivity index (χ4n) is 0.995. The van der Waals surface area contributed by atoms with Crippen LogP contribution in [-0.2, 0) is 6.42 Å². The summed E-state index contributed by atoms with van der Waals surface area (Å²) in [6, 6.07) is 7.96. The van der Waals surface area contributed by atoms with Gasteiger partial charge in [-0.05, 0) is 30.7 Å². The van der Waals surface area contributed by atoms with E-state index in [2.05, 4.69) is 6.07 Å². The summed E-state index contributed by atoms with van der Waals surface area (Å²) in [5.41, 5.74) is 6.64. The van der Waals surface area contributed by atoms with Gasteiger partial charge in [0.15, 0.2) is 0 Å². The van der Waals surface area contributed by atoms with Crippen LogP contribution >= 0.6 is 24.0 Å². The Hall–Kier alpha value is -0.290. The predicted octanol–water partition coefficient (Wildman–Crippen LogP) is 1.81. The number of nitrogens with two attached hydrogens (primary N) is 1. The van der Waals surface area contributed by atoms with Gasteiger partial charge in [0.1, 0.15) is 5.75 Å². The molecule has 0 fully saturated rings. The first-order valence-electron chi connectivity index (χ1n) is 3.70. The zero-order chi connectivity index (χ0) is 8.10. The molecule has 0 atom stereocenters. The van der Waals surface area contributed by atoms with Gasteiger partial charge in [0.05, 0.1) is 7.11 Å². The van der Waals surface area contributed by atoms with Crippen molar-refractivity contribution in [2.24, 2.45) is 5.73 Å². The molecule has 0 spiro atoms. The average molecular weight is 279 g/mol. The fraction of sp³-hybridized carbons (Fsp3) is 0.333. The zero-order valence-electron chi connectivity index (χ0n) is 7.12. The molecule has 0 unspecified atom stereocenters. The molecule has 1 aromatic carbocycles. The monoisotopic (exact) mass is 279 g/mol. The highest BCUT2D eigenvalue weighted by atomic mass is 127. The summed E-state index contributed by atoms with van der Waals surface area (Å²) in [4.78, 5) is 0. The molecule has 1 aromatic rings. The maximum absolute atomic E-state index is 5.41.